The van der Waals surface area contributed by atoms with Crippen LogP contribution in [0.3, 0.4) is 0 Å². The average molecular weight is 478 g/mol. The molecular weight excluding hydrogens is 422 g/mol. The van der Waals surface area contributed by atoms with Crippen LogP contribution in [-0.4, -0.2) is 4.98 Å². The molecule has 1 heterocycles. The van der Waals surface area contributed by atoms with Gasteiger partial charge in [0.25, 0.3) is 0 Å². The standard InChI is InChI=1S/2C11H16.C10H15N.2CH4/c2*1-11(2,3)9-10-7-5-4-6-8-10;1-10(2,3)8-9-6-4-5-7-11-9;;/h2*4-8H,9H2,1-3H3;4-7H,8H2,1-3H3;2*1H4. The van der Waals surface area contributed by atoms with E-state index in [1.807, 2.05) is 18.3 Å². The van der Waals surface area contributed by atoms with E-state index in [1.54, 1.807) is 0 Å². The molecule has 0 N–H and O–H groups in total. The van der Waals surface area contributed by atoms with Crippen molar-refractivity contribution >= 4 is 0 Å². The van der Waals surface area contributed by atoms with Crippen molar-refractivity contribution < 1.29 is 0 Å². The Bertz CT molecular complexity index is 739. The number of hydrogen-bond acceptors (Lipinski definition) is 1. The number of rotatable bonds is 3. The van der Waals surface area contributed by atoms with Crippen molar-refractivity contribution in [2.24, 2.45) is 16.2 Å². The van der Waals surface area contributed by atoms with Crippen LogP contribution in [-0.2, 0) is 19.3 Å². The van der Waals surface area contributed by atoms with Crippen LogP contribution >= 0.6 is 0 Å². The summed E-state index contributed by atoms with van der Waals surface area (Å²) in [5, 5.41) is 0. The van der Waals surface area contributed by atoms with Gasteiger partial charge in [0.05, 0.1) is 0 Å². The van der Waals surface area contributed by atoms with E-state index in [9.17, 15) is 0 Å². The summed E-state index contributed by atoms with van der Waals surface area (Å²) >= 11 is 0. The fourth-order valence-corrected chi connectivity index (χ4v) is 3.46. The molecule has 0 unspecified atom stereocenters. The molecule has 1 aromatic heterocycles. The van der Waals surface area contributed by atoms with Gasteiger partial charge in [-0.3, -0.25) is 4.98 Å². The van der Waals surface area contributed by atoms with E-state index in [0.717, 1.165) is 19.3 Å². The first kappa shape index (κ1) is 34.8. The Kier molecular flexibility index (Phi) is 16.2. The zero-order valence-corrected chi connectivity index (χ0v) is 22.7. The van der Waals surface area contributed by atoms with Crippen LogP contribution in [0.25, 0.3) is 0 Å². The second-order valence-corrected chi connectivity index (χ2v) is 12.5. The molecule has 3 aromatic rings. The topological polar surface area (TPSA) is 12.9 Å². The van der Waals surface area contributed by atoms with Crippen molar-refractivity contribution in [2.45, 2.75) is 96.4 Å². The first-order chi connectivity index (χ1) is 15.2. The molecule has 0 spiro atoms. The lowest BCUT2D eigenvalue weighted by Gasteiger charge is -2.17. The summed E-state index contributed by atoms with van der Waals surface area (Å²) in [4.78, 5) is 4.26. The molecule has 2 aromatic carbocycles. The summed E-state index contributed by atoms with van der Waals surface area (Å²) in [7, 11) is 0. The van der Waals surface area contributed by atoms with Gasteiger partial charge in [0.2, 0.25) is 0 Å². The van der Waals surface area contributed by atoms with Crippen LogP contribution in [0.5, 0.6) is 0 Å². The molecule has 1 heteroatoms. The Labute approximate surface area is 219 Å². The van der Waals surface area contributed by atoms with E-state index in [0.29, 0.717) is 16.2 Å². The third-order valence-electron chi connectivity index (χ3n) is 4.59. The molecule has 196 valence electrons. The minimum atomic E-state index is 0. The Morgan fingerprint density at radius 1 is 0.457 bits per heavy atom. The maximum atomic E-state index is 4.26. The van der Waals surface area contributed by atoms with E-state index in [4.69, 9.17) is 0 Å². The number of aromatic nitrogens is 1. The van der Waals surface area contributed by atoms with E-state index in [-0.39, 0.29) is 14.9 Å². The molecule has 0 fully saturated rings. The van der Waals surface area contributed by atoms with Gasteiger partial charge in [0.15, 0.2) is 0 Å². The summed E-state index contributed by atoms with van der Waals surface area (Å²) in [6, 6.07) is 27.3. The highest BCUT2D eigenvalue weighted by Crippen LogP contribution is 2.21. The molecule has 0 aliphatic heterocycles. The van der Waals surface area contributed by atoms with Gasteiger partial charge < -0.3 is 0 Å². The van der Waals surface area contributed by atoms with Crippen molar-refractivity contribution in [3.05, 3.63) is 102 Å². The van der Waals surface area contributed by atoms with Crippen LogP contribution < -0.4 is 0 Å². The number of benzene rings is 2. The predicted octanol–water partition coefficient (Wildman–Crippen LogP) is 10.5. The lowest BCUT2D eigenvalue weighted by atomic mass is 9.88. The Morgan fingerprint density at radius 2 is 0.800 bits per heavy atom. The van der Waals surface area contributed by atoms with Gasteiger partial charge in [-0.2, -0.15) is 0 Å². The highest BCUT2D eigenvalue weighted by molar-refractivity contribution is 5.16. The minimum absolute atomic E-state index is 0. The fraction of sp³-hybridized carbons (Fsp3) is 0.500. The largest absolute Gasteiger partial charge is 0.261 e. The summed E-state index contributed by atoms with van der Waals surface area (Å²) < 4.78 is 0. The van der Waals surface area contributed by atoms with Gasteiger partial charge in [-0.25, -0.2) is 0 Å². The average Bonchev–Trinajstić information content (AvgIpc) is 2.67. The molecule has 3 rings (SSSR count). The molecule has 0 saturated carbocycles. The summed E-state index contributed by atoms with van der Waals surface area (Å²) in [6.07, 6.45) is 5.22. The zero-order valence-electron chi connectivity index (χ0n) is 22.7. The number of pyridine rings is 1. The molecule has 0 amide bonds. The second-order valence-electron chi connectivity index (χ2n) is 12.5. The Morgan fingerprint density at radius 3 is 1.09 bits per heavy atom. The van der Waals surface area contributed by atoms with Crippen LogP contribution in [0, 0.1) is 16.2 Å². The van der Waals surface area contributed by atoms with Crippen molar-refractivity contribution in [3.63, 3.8) is 0 Å². The van der Waals surface area contributed by atoms with E-state index in [2.05, 4.69) is 134 Å². The second kappa shape index (κ2) is 16.3. The lowest BCUT2D eigenvalue weighted by Crippen LogP contribution is -2.09. The van der Waals surface area contributed by atoms with Crippen molar-refractivity contribution in [2.75, 3.05) is 0 Å². The lowest BCUT2D eigenvalue weighted by molar-refractivity contribution is 0.406. The van der Waals surface area contributed by atoms with Crippen LogP contribution in [0.4, 0.5) is 0 Å². The highest BCUT2D eigenvalue weighted by atomic mass is 14.7. The molecule has 0 bridgehead atoms. The maximum absolute atomic E-state index is 4.26. The quantitative estimate of drug-likeness (QED) is 0.365. The molecule has 1 nitrogen and oxygen atoms in total. The van der Waals surface area contributed by atoms with Gasteiger partial charge in [-0.05, 0) is 58.8 Å². The van der Waals surface area contributed by atoms with E-state index < -0.39 is 0 Å². The normalized spacial score (nSPS) is 10.9. The molecule has 0 aliphatic carbocycles. The Hall–Kier alpha value is -2.41. The minimum Gasteiger partial charge on any atom is -0.261 e. The van der Waals surface area contributed by atoms with Crippen LogP contribution in [0.1, 0.15) is 94.0 Å². The van der Waals surface area contributed by atoms with Gasteiger partial charge in [0.1, 0.15) is 0 Å². The summed E-state index contributed by atoms with van der Waals surface area (Å²) in [6.45, 7) is 20.3. The van der Waals surface area contributed by atoms with Crippen LogP contribution in [0.2, 0.25) is 0 Å². The van der Waals surface area contributed by atoms with Gasteiger partial charge in [0, 0.05) is 11.9 Å². The third-order valence-corrected chi connectivity index (χ3v) is 4.59. The fourth-order valence-electron chi connectivity index (χ4n) is 3.46. The van der Waals surface area contributed by atoms with Crippen LogP contribution in [0.15, 0.2) is 85.1 Å². The summed E-state index contributed by atoms with van der Waals surface area (Å²) in [5.74, 6) is 0. The van der Waals surface area contributed by atoms with Crippen molar-refractivity contribution in [1.29, 1.82) is 0 Å². The molecule has 0 atom stereocenters. The maximum Gasteiger partial charge on any atom is 0.0408 e. The highest BCUT2D eigenvalue weighted by Gasteiger charge is 2.11. The van der Waals surface area contributed by atoms with Crippen molar-refractivity contribution in [1.82, 2.24) is 4.98 Å². The molecule has 35 heavy (non-hydrogen) atoms. The van der Waals surface area contributed by atoms with E-state index in [1.165, 1.54) is 16.8 Å². The molecule has 0 aliphatic rings. The number of nitrogens with zero attached hydrogens (tertiary/aromatic N) is 1. The zero-order chi connectivity index (χ0) is 25.0. The van der Waals surface area contributed by atoms with E-state index >= 15 is 0 Å². The third kappa shape index (κ3) is 20.7. The first-order valence-corrected chi connectivity index (χ1v) is 12.2. The first-order valence-electron chi connectivity index (χ1n) is 12.2. The van der Waals surface area contributed by atoms with Gasteiger partial charge in [-0.15, -0.1) is 0 Å². The smallest absolute Gasteiger partial charge is 0.0408 e. The van der Waals surface area contributed by atoms with Gasteiger partial charge in [-0.1, -0.05) is 144 Å². The molecule has 0 saturated heterocycles. The molecule has 0 radical (unpaired) electrons. The predicted molar refractivity (Wildman–Crippen MR) is 160 cm³/mol. The number of hydrogen-bond donors (Lipinski definition) is 0. The van der Waals surface area contributed by atoms with Crippen molar-refractivity contribution in [3.8, 4) is 0 Å². The SMILES string of the molecule is C.C.CC(C)(C)Cc1ccccc1.CC(C)(C)Cc1ccccc1.CC(C)(C)Cc1ccccn1. The van der Waals surface area contributed by atoms with Gasteiger partial charge >= 0.3 is 0 Å². The Balaban J connectivity index is 0. The monoisotopic (exact) mass is 477 g/mol. The molecular formula is C34H55N. The summed E-state index contributed by atoms with van der Waals surface area (Å²) in [5.41, 5.74) is 5.19.